The summed E-state index contributed by atoms with van der Waals surface area (Å²) < 4.78 is 23.8. The predicted octanol–water partition coefficient (Wildman–Crippen LogP) is 2.41. The van der Waals surface area contributed by atoms with Crippen molar-refractivity contribution in [2.24, 2.45) is 0 Å². The van der Waals surface area contributed by atoms with Crippen molar-refractivity contribution in [1.82, 2.24) is 0 Å². The van der Waals surface area contributed by atoms with Gasteiger partial charge in [-0.15, -0.1) is 6.58 Å². The van der Waals surface area contributed by atoms with Crippen molar-refractivity contribution in [3.63, 3.8) is 0 Å². The Hall–Kier alpha value is -0.610. The molecule has 0 saturated carbocycles. The van der Waals surface area contributed by atoms with Crippen molar-refractivity contribution in [2.45, 2.75) is 4.90 Å². The molecule has 1 rings (SSSR count). The highest BCUT2D eigenvalue weighted by molar-refractivity contribution is 9.10. The zero-order chi connectivity index (χ0) is 9.90. The molecule has 0 saturated heterocycles. The Kier molecular flexibility index (Phi) is 3.27. The van der Waals surface area contributed by atoms with Crippen LogP contribution in [0.2, 0.25) is 0 Å². The van der Waals surface area contributed by atoms with Crippen LogP contribution in [-0.2, 0) is 9.84 Å². The summed E-state index contributed by atoms with van der Waals surface area (Å²) in [6.07, 6.45) is 1.39. The normalized spacial score (nSPS) is 11.2. The molecule has 1 aromatic carbocycles. The third-order valence-corrected chi connectivity index (χ3v) is 3.70. The lowest BCUT2D eigenvalue weighted by atomic mass is 10.4. The van der Waals surface area contributed by atoms with Crippen LogP contribution >= 0.6 is 15.9 Å². The first-order valence-corrected chi connectivity index (χ1v) is 6.10. The zero-order valence-electron chi connectivity index (χ0n) is 6.90. The molecule has 0 aromatic heterocycles. The Morgan fingerprint density at radius 2 is 1.85 bits per heavy atom. The van der Waals surface area contributed by atoms with Crippen molar-refractivity contribution < 1.29 is 8.42 Å². The molecule has 70 valence electrons. The molecule has 0 heterocycles. The summed E-state index contributed by atoms with van der Waals surface area (Å²) in [6.45, 7) is 3.40. The van der Waals surface area contributed by atoms with Crippen molar-refractivity contribution in [2.75, 3.05) is 5.75 Å². The molecule has 0 aliphatic heterocycles. The van der Waals surface area contributed by atoms with E-state index < -0.39 is 9.84 Å². The van der Waals surface area contributed by atoms with Gasteiger partial charge < -0.3 is 0 Å². The molecule has 1 aromatic rings. The van der Waals surface area contributed by atoms with E-state index in [1.165, 1.54) is 6.08 Å². The van der Waals surface area contributed by atoms with Crippen molar-refractivity contribution in [3.05, 3.63) is 41.4 Å². The van der Waals surface area contributed by atoms with Gasteiger partial charge in [0.2, 0.25) is 0 Å². The van der Waals surface area contributed by atoms with Crippen LogP contribution in [0, 0.1) is 0 Å². The minimum Gasteiger partial charge on any atom is -0.223 e. The van der Waals surface area contributed by atoms with Gasteiger partial charge in [0, 0.05) is 4.47 Å². The molecule has 0 N–H and O–H groups in total. The quantitative estimate of drug-likeness (QED) is 0.783. The van der Waals surface area contributed by atoms with E-state index in [-0.39, 0.29) is 5.75 Å². The molecule has 13 heavy (non-hydrogen) atoms. The number of benzene rings is 1. The fourth-order valence-corrected chi connectivity index (χ4v) is 2.21. The van der Waals surface area contributed by atoms with E-state index in [2.05, 4.69) is 22.5 Å². The second-order valence-electron chi connectivity index (χ2n) is 2.52. The Morgan fingerprint density at radius 3 is 2.31 bits per heavy atom. The minimum atomic E-state index is -3.17. The Morgan fingerprint density at radius 1 is 1.31 bits per heavy atom. The minimum absolute atomic E-state index is 0.0192. The van der Waals surface area contributed by atoms with Gasteiger partial charge in [0.1, 0.15) is 0 Å². The molecule has 2 nitrogen and oxygen atoms in total. The predicted molar refractivity (Wildman–Crippen MR) is 56.4 cm³/mol. The van der Waals surface area contributed by atoms with Crippen LogP contribution in [0.3, 0.4) is 0 Å². The average Bonchev–Trinajstić information content (AvgIpc) is 2.05. The van der Waals surface area contributed by atoms with Crippen LogP contribution in [0.25, 0.3) is 0 Å². The molecular weight excluding hydrogens is 252 g/mol. The summed E-state index contributed by atoms with van der Waals surface area (Å²) in [5.41, 5.74) is 0. The maximum absolute atomic E-state index is 11.5. The van der Waals surface area contributed by atoms with Crippen LogP contribution in [-0.4, -0.2) is 14.2 Å². The highest BCUT2D eigenvalue weighted by Gasteiger charge is 2.10. The monoisotopic (exact) mass is 260 g/mol. The zero-order valence-corrected chi connectivity index (χ0v) is 9.31. The number of hydrogen-bond donors (Lipinski definition) is 0. The summed E-state index contributed by atoms with van der Waals surface area (Å²) in [5, 5.41) is 0. The topological polar surface area (TPSA) is 34.1 Å². The SMILES string of the molecule is C=CCS(=O)(=O)c1ccc(Br)cc1. The van der Waals surface area contributed by atoms with E-state index in [4.69, 9.17) is 0 Å². The van der Waals surface area contributed by atoms with Gasteiger partial charge in [-0.05, 0) is 24.3 Å². The molecule has 0 aliphatic rings. The highest BCUT2D eigenvalue weighted by atomic mass is 79.9. The smallest absolute Gasteiger partial charge is 0.181 e. The van der Waals surface area contributed by atoms with Crippen molar-refractivity contribution in [3.8, 4) is 0 Å². The lowest BCUT2D eigenvalue weighted by molar-refractivity contribution is 0.599. The van der Waals surface area contributed by atoms with Crippen molar-refractivity contribution >= 4 is 25.8 Å². The summed E-state index contributed by atoms with van der Waals surface area (Å²) >= 11 is 3.24. The van der Waals surface area contributed by atoms with Gasteiger partial charge in [0.05, 0.1) is 10.6 Å². The van der Waals surface area contributed by atoms with Crippen LogP contribution in [0.1, 0.15) is 0 Å². The Labute approximate surface area is 86.3 Å². The standard InChI is InChI=1S/C9H9BrO2S/c1-2-7-13(11,12)9-5-3-8(10)4-6-9/h2-6H,1,7H2. The lowest BCUT2D eigenvalue weighted by Gasteiger charge is -2.00. The number of halogens is 1. The van der Waals surface area contributed by atoms with Gasteiger partial charge in [-0.25, -0.2) is 8.42 Å². The fourth-order valence-electron chi connectivity index (χ4n) is 0.893. The van der Waals surface area contributed by atoms with Crippen LogP contribution in [0.4, 0.5) is 0 Å². The summed E-state index contributed by atoms with van der Waals surface area (Å²) in [6, 6.07) is 6.55. The second-order valence-corrected chi connectivity index (χ2v) is 5.47. The van der Waals surface area contributed by atoms with E-state index in [1.807, 2.05) is 0 Å². The summed E-state index contributed by atoms with van der Waals surface area (Å²) in [5.74, 6) is -0.0192. The molecule has 4 heteroatoms. The third kappa shape index (κ3) is 2.67. The molecule has 0 amide bonds. The largest absolute Gasteiger partial charge is 0.223 e. The number of hydrogen-bond acceptors (Lipinski definition) is 2. The second kappa shape index (κ2) is 4.07. The highest BCUT2D eigenvalue weighted by Crippen LogP contribution is 2.15. The Balaban J connectivity index is 3.08. The van der Waals surface area contributed by atoms with Crippen LogP contribution in [0.15, 0.2) is 46.3 Å². The first-order valence-electron chi connectivity index (χ1n) is 3.65. The first-order chi connectivity index (χ1) is 6.06. The average molecular weight is 261 g/mol. The van der Waals surface area contributed by atoms with Crippen molar-refractivity contribution in [1.29, 1.82) is 0 Å². The third-order valence-electron chi connectivity index (χ3n) is 1.51. The first kappa shape index (κ1) is 10.5. The maximum Gasteiger partial charge on any atom is 0.181 e. The number of sulfone groups is 1. The van der Waals surface area contributed by atoms with Gasteiger partial charge in [-0.1, -0.05) is 22.0 Å². The van der Waals surface area contributed by atoms with Gasteiger partial charge in [0.25, 0.3) is 0 Å². The summed E-state index contributed by atoms with van der Waals surface area (Å²) in [7, 11) is -3.17. The number of rotatable bonds is 3. The van der Waals surface area contributed by atoms with E-state index in [1.54, 1.807) is 24.3 Å². The van der Waals surface area contributed by atoms with Gasteiger partial charge in [-0.2, -0.15) is 0 Å². The molecule has 0 bridgehead atoms. The van der Waals surface area contributed by atoms with E-state index >= 15 is 0 Å². The van der Waals surface area contributed by atoms with Crippen LogP contribution in [0.5, 0.6) is 0 Å². The van der Waals surface area contributed by atoms with E-state index in [0.29, 0.717) is 4.90 Å². The lowest BCUT2D eigenvalue weighted by Crippen LogP contribution is -2.03. The molecule has 0 spiro atoms. The molecule has 0 fully saturated rings. The molecule has 0 atom stereocenters. The molecule has 0 unspecified atom stereocenters. The van der Waals surface area contributed by atoms with Gasteiger partial charge in [0.15, 0.2) is 9.84 Å². The molecular formula is C9H9BrO2S. The van der Waals surface area contributed by atoms with Gasteiger partial charge in [-0.3, -0.25) is 0 Å². The molecule has 0 radical (unpaired) electrons. The van der Waals surface area contributed by atoms with E-state index in [0.717, 1.165) is 4.47 Å². The van der Waals surface area contributed by atoms with E-state index in [9.17, 15) is 8.42 Å². The fraction of sp³-hybridized carbons (Fsp3) is 0.111. The molecule has 0 aliphatic carbocycles. The van der Waals surface area contributed by atoms with Crippen LogP contribution < -0.4 is 0 Å². The maximum atomic E-state index is 11.5. The summed E-state index contributed by atoms with van der Waals surface area (Å²) in [4.78, 5) is 0.329. The van der Waals surface area contributed by atoms with Gasteiger partial charge >= 0.3 is 0 Å². The Bertz CT molecular complexity index is 392.